The summed E-state index contributed by atoms with van der Waals surface area (Å²) in [5.74, 6) is 0.632. The topological polar surface area (TPSA) is 80.1 Å². The smallest absolute Gasteiger partial charge is 0.253 e. The van der Waals surface area contributed by atoms with E-state index in [1.807, 2.05) is 60.9 Å². The fourth-order valence-electron chi connectivity index (χ4n) is 3.54. The minimum absolute atomic E-state index is 0.0849. The van der Waals surface area contributed by atoms with E-state index in [0.717, 1.165) is 28.2 Å². The summed E-state index contributed by atoms with van der Waals surface area (Å²) >= 11 is 1.32. The zero-order chi connectivity index (χ0) is 24.9. The lowest BCUT2D eigenvalue weighted by atomic mass is 10.1. The van der Waals surface area contributed by atoms with Crippen LogP contribution in [-0.4, -0.2) is 51.3 Å². The van der Waals surface area contributed by atoms with Crippen LogP contribution >= 0.6 is 11.8 Å². The van der Waals surface area contributed by atoms with Crippen LogP contribution in [0.15, 0.2) is 78.0 Å². The lowest BCUT2D eigenvalue weighted by Gasteiger charge is -2.12. The number of aryl methyl sites for hydroxylation is 2. The third kappa shape index (κ3) is 5.78. The van der Waals surface area contributed by atoms with Crippen LogP contribution in [0.1, 0.15) is 21.5 Å². The molecule has 7 nitrogen and oxygen atoms in total. The predicted octanol–water partition coefficient (Wildman–Crippen LogP) is 4.98. The number of rotatable bonds is 7. The summed E-state index contributed by atoms with van der Waals surface area (Å²) in [5, 5.41) is 12.4. The van der Waals surface area contributed by atoms with Gasteiger partial charge < -0.3 is 10.2 Å². The van der Waals surface area contributed by atoms with Crippen LogP contribution in [0.2, 0.25) is 0 Å². The third-order valence-electron chi connectivity index (χ3n) is 5.36. The van der Waals surface area contributed by atoms with Gasteiger partial charge in [0.15, 0.2) is 11.0 Å². The van der Waals surface area contributed by atoms with Gasteiger partial charge in [-0.2, -0.15) is 0 Å². The molecule has 1 aromatic heterocycles. The first-order chi connectivity index (χ1) is 16.8. The highest BCUT2D eigenvalue weighted by Crippen LogP contribution is 2.28. The summed E-state index contributed by atoms with van der Waals surface area (Å²) in [6, 6.07) is 23.1. The Labute approximate surface area is 209 Å². The van der Waals surface area contributed by atoms with E-state index in [4.69, 9.17) is 0 Å². The van der Waals surface area contributed by atoms with Gasteiger partial charge in [-0.15, -0.1) is 10.2 Å². The van der Waals surface area contributed by atoms with Crippen LogP contribution in [0.4, 0.5) is 5.69 Å². The highest BCUT2D eigenvalue weighted by Gasteiger charge is 2.18. The Balaban J connectivity index is 1.52. The van der Waals surface area contributed by atoms with Crippen molar-refractivity contribution in [3.05, 3.63) is 89.5 Å². The normalized spacial score (nSPS) is 10.7. The summed E-state index contributed by atoms with van der Waals surface area (Å²) in [6.07, 6.45) is 0. The summed E-state index contributed by atoms with van der Waals surface area (Å²) in [4.78, 5) is 26.2. The van der Waals surface area contributed by atoms with Crippen LogP contribution in [0.5, 0.6) is 0 Å². The highest BCUT2D eigenvalue weighted by atomic mass is 32.2. The van der Waals surface area contributed by atoms with Gasteiger partial charge in [-0.1, -0.05) is 53.2 Å². The predicted molar refractivity (Wildman–Crippen MR) is 140 cm³/mol. The maximum Gasteiger partial charge on any atom is 0.253 e. The minimum atomic E-state index is -0.169. The van der Waals surface area contributed by atoms with E-state index >= 15 is 0 Å². The summed E-state index contributed by atoms with van der Waals surface area (Å²) < 4.78 is 1.98. The number of carbonyl (C=O) groups excluding carboxylic acids is 2. The number of benzene rings is 3. The van der Waals surface area contributed by atoms with Crippen LogP contribution in [0.3, 0.4) is 0 Å². The second-order valence-corrected chi connectivity index (χ2v) is 9.40. The molecule has 4 rings (SSSR count). The average molecular weight is 486 g/mol. The molecular formula is C27H27N5O2S. The largest absolute Gasteiger partial charge is 0.345 e. The van der Waals surface area contributed by atoms with Crippen molar-refractivity contribution in [3.8, 4) is 17.1 Å². The molecule has 8 heteroatoms. The Morgan fingerprint density at radius 3 is 2.29 bits per heavy atom. The molecule has 2 amide bonds. The zero-order valence-corrected chi connectivity index (χ0v) is 21.0. The number of amides is 2. The Morgan fingerprint density at radius 2 is 1.63 bits per heavy atom. The van der Waals surface area contributed by atoms with Crippen LogP contribution in [0.25, 0.3) is 17.1 Å². The molecule has 1 N–H and O–H groups in total. The zero-order valence-electron chi connectivity index (χ0n) is 20.1. The van der Waals surface area contributed by atoms with Crippen LogP contribution in [0, 0.1) is 13.8 Å². The second kappa shape index (κ2) is 10.6. The van der Waals surface area contributed by atoms with Gasteiger partial charge in [-0.05, 0) is 56.3 Å². The summed E-state index contributed by atoms with van der Waals surface area (Å²) in [6.45, 7) is 4.08. The number of nitrogens with zero attached hydrogens (tertiary/aromatic N) is 4. The molecule has 0 fully saturated rings. The van der Waals surface area contributed by atoms with E-state index < -0.39 is 0 Å². The number of nitrogens with one attached hydrogen (secondary N) is 1. The molecule has 4 aromatic rings. The maximum atomic E-state index is 12.7. The quantitative estimate of drug-likeness (QED) is 0.373. The Kier molecular flexibility index (Phi) is 7.31. The van der Waals surface area contributed by atoms with E-state index in [1.165, 1.54) is 16.7 Å². The molecule has 0 bridgehead atoms. The molecule has 3 aromatic carbocycles. The lowest BCUT2D eigenvalue weighted by Crippen LogP contribution is -2.21. The molecule has 0 aliphatic carbocycles. The van der Waals surface area contributed by atoms with Crippen molar-refractivity contribution in [2.45, 2.75) is 19.0 Å². The first-order valence-corrected chi connectivity index (χ1v) is 12.1. The molecule has 0 atom stereocenters. The van der Waals surface area contributed by atoms with Crippen molar-refractivity contribution in [3.63, 3.8) is 0 Å². The van der Waals surface area contributed by atoms with Crippen molar-refractivity contribution >= 4 is 29.3 Å². The molecule has 35 heavy (non-hydrogen) atoms. The number of hydrogen-bond acceptors (Lipinski definition) is 5. The molecule has 0 radical (unpaired) electrons. The fourth-order valence-corrected chi connectivity index (χ4v) is 4.29. The van der Waals surface area contributed by atoms with E-state index in [0.29, 0.717) is 16.4 Å². The molecule has 0 spiro atoms. The summed E-state index contributed by atoms with van der Waals surface area (Å²) in [5.41, 5.74) is 5.38. The standard InChI is InChI=1S/C27H27N5O2S/c1-18-8-14-23(15-9-18)32-25(21-7-5-6-19(2)16-21)29-30-27(32)35-17-24(33)28-22-12-10-20(11-13-22)26(34)31(3)4/h5-16H,17H2,1-4H3,(H,28,33). The number of hydrogen-bond donors (Lipinski definition) is 1. The van der Waals surface area contributed by atoms with E-state index in [1.54, 1.807) is 38.4 Å². The maximum absolute atomic E-state index is 12.7. The first kappa shape index (κ1) is 24.2. The van der Waals surface area contributed by atoms with Crippen molar-refractivity contribution in [2.75, 3.05) is 25.2 Å². The van der Waals surface area contributed by atoms with Gasteiger partial charge in [0, 0.05) is 36.6 Å². The third-order valence-corrected chi connectivity index (χ3v) is 6.28. The lowest BCUT2D eigenvalue weighted by molar-refractivity contribution is -0.113. The molecule has 0 saturated carbocycles. The SMILES string of the molecule is Cc1ccc(-n2c(SCC(=O)Nc3ccc(C(=O)N(C)C)cc3)nnc2-c2cccc(C)c2)cc1. The molecule has 0 saturated heterocycles. The van der Waals surface area contributed by atoms with E-state index in [9.17, 15) is 9.59 Å². The number of carbonyl (C=O) groups is 2. The molecule has 178 valence electrons. The second-order valence-electron chi connectivity index (χ2n) is 8.46. The molecule has 0 aliphatic rings. The first-order valence-electron chi connectivity index (χ1n) is 11.2. The van der Waals surface area contributed by atoms with Gasteiger partial charge in [0.05, 0.1) is 5.75 Å². The average Bonchev–Trinajstić information content (AvgIpc) is 3.27. The Hall–Kier alpha value is -3.91. The summed E-state index contributed by atoms with van der Waals surface area (Å²) in [7, 11) is 3.41. The van der Waals surface area contributed by atoms with Crippen molar-refractivity contribution in [1.82, 2.24) is 19.7 Å². The van der Waals surface area contributed by atoms with Crippen molar-refractivity contribution < 1.29 is 9.59 Å². The van der Waals surface area contributed by atoms with Crippen LogP contribution in [-0.2, 0) is 4.79 Å². The van der Waals surface area contributed by atoms with Gasteiger partial charge in [-0.3, -0.25) is 14.2 Å². The molecule has 0 aliphatic heterocycles. The van der Waals surface area contributed by atoms with Crippen LogP contribution < -0.4 is 5.32 Å². The molecule has 1 heterocycles. The van der Waals surface area contributed by atoms with Gasteiger partial charge in [-0.25, -0.2) is 0 Å². The van der Waals surface area contributed by atoms with Crippen molar-refractivity contribution in [1.29, 1.82) is 0 Å². The van der Waals surface area contributed by atoms with Gasteiger partial charge in [0.1, 0.15) is 0 Å². The minimum Gasteiger partial charge on any atom is -0.345 e. The number of thioether (sulfide) groups is 1. The molecular weight excluding hydrogens is 458 g/mol. The van der Waals surface area contributed by atoms with Gasteiger partial charge in [0.25, 0.3) is 5.91 Å². The van der Waals surface area contributed by atoms with Gasteiger partial charge in [0.2, 0.25) is 5.91 Å². The number of aromatic nitrogens is 3. The molecule has 0 unspecified atom stereocenters. The monoisotopic (exact) mass is 485 g/mol. The van der Waals surface area contributed by atoms with E-state index in [-0.39, 0.29) is 17.6 Å². The fraction of sp³-hybridized carbons (Fsp3) is 0.185. The van der Waals surface area contributed by atoms with Gasteiger partial charge >= 0.3 is 0 Å². The highest BCUT2D eigenvalue weighted by molar-refractivity contribution is 7.99. The number of anilines is 1. The Morgan fingerprint density at radius 1 is 0.914 bits per heavy atom. The van der Waals surface area contributed by atoms with Crippen molar-refractivity contribution in [2.24, 2.45) is 0 Å². The Bertz CT molecular complexity index is 1350. The van der Waals surface area contributed by atoms with E-state index in [2.05, 4.69) is 21.6 Å².